The second-order valence-corrected chi connectivity index (χ2v) is 2.92. The summed E-state index contributed by atoms with van der Waals surface area (Å²) in [7, 11) is 0. The van der Waals surface area contributed by atoms with Crippen LogP contribution in [0.25, 0.3) is 0 Å². The average molecular weight is 170 g/mol. The fraction of sp³-hybridized carbons (Fsp3) is 0.375. The van der Waals surface area contributed by atoms with E-state index in [4.69, 9.17) is 10.8 Å². The molecule has 0 saturated carbocycles. The minimum Gasteiger partial charge on any atom is -0.394 e. The van der Waals surface area contributed by atoms with Crippen molar-refractivity contribution >= 4 is 0 Å². The molecule has 0 spiro atoms. The molecule has 1 unspecified atom stereocenters. The number of aliphatic hydroxyl groups is 1. The maximum atomic E-state index is 13.0. The van der Waals surface area contributed by atoms with E-state index in [0.29, 0.717) is 0 Å². The van der Waals surface area contributed by atoms with Gasteiger partial charge in [-0.15, -0.1) is 0 Å². The van der Waals surface area contributed by atoms with Crippen molar-refractivity contribution in [2.24, 2.45) is 5.73 Å². The lowest BCUT2D eigenvalue weighted by atomic mass is 9.96. The SMILES string of the molecule is CC(N)(CO)c1cccnc1F. The van der Waals surface area contributed by atoms with Crippen LogP contribution in [0.1, 0.15) is 12.5 Å². The smallest absolute Gasteiger partial charge is 0.217 e. The van der Waals surface area contributed by atoms with Crippen LogP contribution in [0.5, 0.6) is 0 Å². The van der Waals surface area contributed by atoms with E-state index in [1.807, 2.05) is 0 Å². The van der Waals surface area contributed by atoms with Crippen molar-refractivity contribution in [1.29, 1.82) is 0 Å². The molecule has 0 saturated heterocycles. The summed E-state index contributed by atoms with van der Waals surface area (Å²) in [6.07, 6.45) is 1.34. The molecule has 0 bridgehead atoms. The number of aromatic nitrogens is 1. The predicted molar refractivity (Wildman–Crippen MR) is 42.8 cm³/mol. The Kier molecular flexibility index (Phi) is 2.40. The summed E-state index contributed by atoms with van der Waals surface area (Å²) < 4.78 is 13.0. The van der Waals surface area contributed by atoms with Gasteiger partial charge in [-0.1, -0.05) is 6.07 Å². The normalized spacial score (nSPS) is 15.7. The predicted octanol–water partition coefficient (Wildman–Crippen LogP) is 0.387. The standard InChI is InChI=1S/C8H11FN2O/c1-8(10,5-12)6-3-2-4-11-7(6)9/h2-4,12H,5,10H2,1H3. The van der Waals surface area contributed by atoms with Crippen molar-refractivity contribution in [2.75, 3.05) is 6.61 Å². The molecule has 4 heteroatoms. The van der Waals surface area contributed by atoms with Crippen LogP contribution in [0.3, 0.4) is 0 Å². The van der Waals surface area contributed by atoms with Crippen LogP contribution in [0.15, 0.2) is 18.3 Å². The van der Waals surface area contributed by atoms with Crippen LogP contribution in [0, 0.1) is 5.95 Å². The average Bonchev–Trinajstić information content (AvgIpc) is 2.05. The highest BCUT2D eigenvalue weighted by Gasteiger charge is 2.23. The van der Waals surface area contributed by atoms with Crippen molar-refractivity contribution in [3.05, 3.63) is 29.8 Å². The molecule has 0 aromatic carbocycles. The first-order chi connectivity index (χ1) is 5.58. The number of rotatable bonds is 2. The zero-order valence-electron chi connectivity index (χ0n) is 6.79. The number of hydrogen-bond donors (Lipinski definition) is 2. The second-order valence-electron chi connectivity index (χ2n) is 2.92. The molecule has 1 heterocycles. The monoisotopic (exact) mass is 170 g/mol. The highest BCUT2D eigenvalue weighted by atomic mass is 19.1. The first-order valence-electron chi connectivity index (χ1n) is 3.58. The first kappa shape index (κ1) is 9.09. The van der Waals surface area contributed by atoms with Crippen molar-refractivity contribution in [3.63, 3.8) is 0 Å². The van der Waals surface area contributed by atoms with E-state index in [1.165, 1.54) is 12.3 Å². The van der Waals surface area contributed by atoms with Crippen LogP contribution in [-0.4, -0.2) is 16.7 Å². The van der Waals surface area contributed by atoms with Crippen LogP contribution in [0.2, 0.25) is 0 Å². The van der Waals surface area contributed by atoms with E-state index in [-0.39, 0.29) is 12.2 Å². The summed E-state index contributed by atoms with van der Waals surface area (Å²) in [4.78, 5) is 3.44. The highest BCUT2D eigenvalue weighted by molar-refractivity contribution is 5.20. The van der Waals surface area contributed by atoms with Gasteiger partial charge in [0.15, 0.2) is 0 Å². The van der Waals surface area contributed by atoms with Crippen molar-refractivity contribution < 1.29 is 9.50 Å². The fourth-order valence-corrected chi connectivity index (χ4v) is 0.897. The van der Waals surface area contributed by atoms with Crippen LogP contribution in [0.4, 0.5) is 4.39 Å². The van der Waals surface area contributed by atoms with Gasteiger partial charge in [-0.3, -0.25) is 0 Å². The molecule has 0 radical (unpaired) electrons. The molecule has 1 atom stereocenters. The Morgan fingerprint density at radius 3 is 2.92 bits per heavy atom. The Morgan fingerprint density at radius 1 is 1.75 bits per heavy atom. The quantitative estimate of drug-likeness (QED) is 0.631. The number of hydrogen-bond acceptors (Lipinski definition) is 3. The number of halogens is 1. The third-order valence-corrected chi connectivity index (χ3v) is 1.70. The van der Waals surface area contributed by atoms with E-state index < -0.39 is 11.5 Å². The minimum atomic E-state index is -1.06. The molecule has 1 aromatic heterocycles. The molecule has 66 valence electrons. The first-order valence-corrected chi connectivity index (χ1v) is 3.58. The van der Waals surface area contributed by atoms with Gasteiger partial charge >= 0.3 is 0 Å². The third kappa shape index (κ3) is 1.60. The Bertz CT molecular complexity index is 276. The molecule has 1 rings (SSSR count). The van der Waals surface area contributed by atoms with Gasteiger partial charge in [0.2, 0.25) is 5.95 Å². The summed E-state index contributed by atoms with van der Waals surface area (Å²) in [5.41, 5.74) is 4.78. The van der Waals surface area contributed by atoms with Gasteiger partial charge < -0.3 is 10.8 Å². The number of aliphatic hydroxyl groups excluding tert-OH is 1. The lowest BCUT2D eigenvalue weighted by Gasteiger charge is -2.21. The van der Waals surface area contributed by atoms with Crippen molar-refractivity contribution in [2.45, 2.75) is 12.5 Å². The summed E-state index contributed by atoms with van der Waals surface area (Å²) >= 11 is 0. The molecule has 3 N–H and O–H groups in total. The second kappa shape index (κ2) is 3.16. The fourth-order valence-electron chi connectivity index (χ4n) is 0.897. The highest BCUT2D eigenvalue weighted by Crippen LogP contribution is 2.18. The van der Waals surface area contributed by atoms with E-state index in [1.54, 1.807) is 13.0 Å². The zero-order chi connectivity index (χ0) is 9.19. The minimum absolute atomic E-state index is 0.229. The topological polar surface area (TPSA) is 59.1 Å². The lowest BCUT2D eigenvalue weighted by Crippen LogP contribution is -2.38. The largest absolute Gasteiger partial charge is 0.394 e. The molecule has 0 aliphatic carbocycles. The Hall–Kier alpha value is -1.00. The van der Waals surface area contributed by atoms with Gasteiger partial charge in [0.25, 0.3) is 0 Å². The van der Waals surface area contributed by atoms with Crippen LogP contribution >= 0.6 is 0 Å². The van der Waals surface area contributed by atoms with E-state index in [0.717, 1.165) is 0 Å². The van der Waals surface area contributed by atoms with E-state index in [2.05, 4.69) is 4.98 Å². The molecule has 0 fully saturated rings. The Balaban J connectivity index is 3.10. The maximum absolute atomic E-state index is 13.0. The molecule has 1 aromatic rings. The Labute approximate surface area is 70.0 Å². The summed E-state index contributed by atoms with van der Waals surface area (Å²) in [5.74, 6) is -0.628. The van der Waals surface area contributed by atoms with E-state index >= 15 is 0 Å². The van der Waals surface area contributed by atoms with Gasteiger partial charge in [-0.2, -0.15) is 4.39 Å². The number of nitrogens with two attached hydrogens (primary N) is 1. The zero-order valence-corrected chi connectivity index (χ0v) is 6.79. The lowest BCUT2D eigenvalue weighted by molar-refractivity contribution is 0.205. The molecule has 0 aliphatic rings. The van der Waals surface area contributed by atoms with Gasteiger partial charge in [0.1, 0.15) is 0 Å². The molecule has 3 nitrogen and oxygen atoms in total. The van der Waals surface area contributed by atoms with Crippen molar-refractivity contribution in [3.8, 4) is 0 Å². The van der Waals surface area contributed by atoms with Gasteiger partial charge in [0, 0.05) is 11.8 Å². The summed E-state index contributed by atoms with van der Waals surface area (Å²) in [6.45, 7) is 1.24. The van der Waals surface area contributed by atoms with Gasteiger partial charge in [-0.05, 0) is 13.0 Å². The van der Waals surface area contributed by atoms with Gasteiger partial charge in [-0.25, -0.2) is 4.98 Å². The number of nitrogens with zero attached hydrogens (tertiary/aromatic N) is 1. The third-order valence-electron chi connectivity index (χ3n) is 1.70. The molecule has 0 aliphatic heterocycles. The Morgan fingerprint density at radius 2 is 2.42 bits per heavy atom. The summed E-state index contributed by atoms with van der Waals surface area (Å²) in [5, 5.41) is 8.85. The van der Waals surface area contributed by atoms with Crippen molar-refractivity contribution in [1.82, 2.24) is 4.98 Å². The van der Waals surface area contributed by atoms with Crippen LogP contribution < -0.4 is 5.73 Å². The van der Waals surface area contributed by atoms with Gasteiger partial charge in [0.05, 0.1) is 12.1 Å². The maximum Gasteiger partial charge on any atom is 0.217 e. The number of pyridine rings is 1. The summed E-state index contributed by atoms with van der Waals surface area (Å²) in [6, 6.07) is 3.09. The van der Waals surface area contributed by atoms with E-state index in [9.17, 15) is 4.39 Å². The van der Waals surface area contributed by atoms with Crippen LogP contribution in [-0.2, 0) is 5.54 Å². The molecule has 0 amide bonds. The molecule has 12 heavy (non-hydrogen) atoms. The molecular weight excluding hydrogens is 159 g/mol. The molecular formula is C8H11FN2O.